The zero-order valence-electron chi connectivity index (χ0n) is 22.7. The average Bonchev–Trinajstić information content (AvgIpc) is 3.23. The number of imide groups is 3. The molecule has 0 radical (unpaired) electrons. The summed E-state index contributed by atoms with van der Waals surface area (Å²) in [6.07, 6.45) is 1.37. The van der Waals surface area contributed by atoms with Crippen LogP contribution in [0.4, 0.5) is 4.79 Å². The molecule has 3 amide bonds. The van der Waals surface area contributed by atoms with Gasteiger partial charge in [-0.2, -0.15) is 4.90 Å². The van der Waals surface area contributed by atoms with Gasteiger partial charge in [-0.05, 0) is 55.0 Å². The summed E-state index contributed by atoms with van der Waals surface area (Å²) in [5.41, 5.74) is 2.76. The van der Waals surface area contributed by atoms with Crippen LogP contribution in [0.5, 0.6) is 11.5 Å². The summed E-state index contributed by atoms with van der Waals surface area (Å²) < 4.78 is 10.6. The Morgan fingerprint density at radius 2 is 1.80 bits per heavy atom. The van der Waals surface area contributed by atoms with Gasteiger partial charge in [0.1, 0.15) is 18.1 Å². The van der Waals surface area contributed by atoms with Gasteiger partial charge in [0.2, 0.25) is 11.8 Å². The minimum atomic E-state index is -1.06. The number of benzene rings is 2. The van der Waals surface area contributed by atoms with Crippen LogP contribution in [-0.4, -0.2) is 64.6 Å². The van der Waals surface area contributed by atoms with Gasteiger partial charge in [0.25, 0.3) is 0 Å². The Balaban J connectivity index is 1.64. The molecule has 2 aliphatic rings. The standard InChI is InChI=1S/C31H35NO8/c1-3-19(15-20-9-7-8-12-25(20)34)13-14-26(35)27-21(18-40-22-10-5-4-6-11-22)16-23-28(24(27)17-33)30(37)32(29(23)36)31(38)39-2/h4-12,15,23-24,26,28,33-35H,3,13-14,16-18H2,1-2H3/b19-15+/t23-,24+,26-,28-/m1/s1. The van der Waals surface area contributed by atoms with Gasteiger partial charge in [-0.1, -0.05) is 55.0 Å². The third-order valence-electron chi connectivity index (χ3n) is 7.74. The lowest BCUT2D eigenvalue weighted by molar-refractivity contribution is -0.137. The minimum absolute atomic E-state index is 0.0458. The number of fused-ring (bicyclic) bond motifs is 1. The molecule has 0 spiro atoms. The number of likely N-dealkylation sites (tertiary alicyclic amines) is 1. The number of para-hydroxylation sites is 2. The number of phenols is 1. The second-order valence-corrected chi connectivity index (χ2v) is 10.0. The number of carbonyl (C=O) groups excluding carboxylic acids is 3. The molecule has 1 aliphatic carbocycles. The maximum atomic E-state index is 13.2. The highest BCUT2D eigenvalue weighted by Gasteiger charge is 2.57. The van der Waals surface area contributed by atoms with E-state index in [0.29, 0.717) is 40.2 Å². The number of carbonyl (C=O) groups is 3. The molecular formula is C31H35NO8. The normalized spacial score (nSPS) is 21.9. The molecule has 0 bridgehead atoms. The van der Waals surface area contributed by atoms with Crippen LogP contribution in [0.3, 0.4) is 0 Å². The molecule has 40 heavy (non-hydrogen) atoms. The Hall–Kier alpha value is -3.95. The number of rotatable bonds is 10. The van der Waals surface area contributed by atoms with Crippen molar-refractivity contribution >= 4 is 24.0 Å². The van der Waals surface area contributed by atoms with E-state index in [1.54, 1.807) is 24.3 Å². The molecular weight excluding hydrogens is 514 g/mol. The van der Waals surface area contributed by atoms with Crippen molar-refractivity contribution in [3.05, 3.63) is 76.9 Å². The number of methoxy groups -OCH3 is 1. The molecule has 4 rings (SSSR count). The molecule has 212 valence electrons. The van der Waals surface area contributed by atoms with Crippen LogP contribution < -0.4 is 4.74 Å². The monoisotopic (exact) mass is 549 g/mol. The molecule has 0 aromatic heterocycles. The molecule has 9 nitrogen and oxygen atoms in total. The third-order valence-corrected chi connectivity index (χ3v) is 7.74. The summed E-state index contributed by atoms with van der Waals surface area (Å²) >= 11 is 0. The fourth-order valence-corrected chi connectivity index (χ4v) is 5.71. The number of amides is 3. The van der Waals surface area contributed by atoms with Crippen LogP contribution in [0.1, 0.15) is 38.2 Å². The third kappa shape index (κ3) is 5.95. The average molecular weight is 550 g/mol. The van der Waals surface area contributed by atoms with Crippen molar-refractivity contribution in [1.29, 1.82) is 0 Å². The SMILES string of the molecule is CC/C(=C\c1ccccc1O)CC[C@@H](O)C1=C(COc2ccccc2)C[C@H]2C(=O)N(C(=O)OC)C(=O)[C@H]2[C@H]1CO. The molecule has 3 N–H and O–H groups in total. The number of nitrogens with zero attached hydrogens (tertiary/aromatic N) is 1. The Bertz CT molecular complexity index is 1300. The summed E-state index contributed by atoms with van der Waals surface area (Å²) in [7, 11) is 1.09. The van der Waals surface area contributed by atoms with Gasteiger partial charge in [0.15, 0.2) is 0 Å². The predicted octanol–water partition coefficient (Wildman–Crippen LogP) is 4.08. The molecule has 1 saturated heterocycles. The zero-order valence-corrected chi connectivity index (χ0v) is 22.7. The van der Waals surface area contributed by atoms with E-state index in [9.17, 15) is 29.7 Å². The molecule has 9 heteroatoms. The Kier molecular flexibility index (Phi) is 9.39. The topological polar surface area (TPSA) is 134 Å². The van der Waals surface area contributed by atoms with Crippen molar-refractivity contribution in [2.45, 2.75) is 38.7 Å². The number of hydrogen-bond acceptors (Lipinski definition) is 8. The highest BCUT2D eigenvalue weighted by Crippen LogP contribution is 2.46. The number of aliphatic hydroxyl groups excluding tert-OH is 2. The number of hydrogen-bond donors (Lipinski definition) is 3. The zero-order chi connectivity index (χ0) is 28.8. The Morgan fingerprint density at radius 3 is 2.45 bits per heavy atom. The van der Waals surface area contributed by atoms with Gasteiger partial charge in [0, 0.05) is 11.5 Å². The smallest absolute Gasteiger partial charge is 0.423 e. The number of aromatic hydroxyl groups is 1. The number of phenolic OH excluding ortho intramolecular Hbond substituents is 1. The van der Waals surface area contributed by atoms with Crippen molar-refractivity contribution in [2.24, 2.45) is 17.8 Å². The summed E-state index contributed by atoms with van der Waals surface area (Å²) in [6.45, 7) is 1.54. The number of aliphatic hydroxyl groups is 2. The highest BCUT2D eigenvalue weighted by molar-refractivity contribution is 6.16. The van der Waals surface area contributed by atoms with Crippen LogP contribution in [0, 0.1) is 17.8 Å². The van der Waals surface area contributed by atoms with Crippen molar-refractivity contribution in [3.8, 4) is 11.5 Å². The van der Waals surface area contributed by atoms with Crippen molar-refractivity contribution in [3.63, 3.8) is 0 Å². The number of allylic oxidation sites excluding steroid dienone is 1. The van der Waals surface area contributed by atoms with Gasteiger partial charge in [-0.25, -0.2) is 4.79 Å². The second-order valence-electron chi connectivity index (χ2n) is 10.0. The Labute approximate surface area is 233 Å². The van der Waals surface area contributed by atoms with Gasteiger partial charge >= 0.3 is 6.09 Å². The minimum Gasteiger partial charge on any atom is -0.507 e. The van der Waals surface area contributed by atoms with Gasteiger partial charge < -0.3 is 24.8 Å². The molecule has 0 unspecified atom stereocenters. The van der Waals surface area contributed by atoms with Gasteiger partial charge in [0.05, 0.1) is 31.7 Å². The first kappa shape index (κ1) is 29.0. The molecule has 1 heterocycles. The fraction of sp³-hybridized carbons (Fsp3) is 0.387. The van der Waals surface area contributed by atoms with Crippen LogP contribution in [-0.2, 0) is 14.3 Å². The van der Waals surface area contributed by atoms with E-state index in [0.717, 1.165) is 12.7 Å². The van der Waals surface area contributed by atoms with Gasteiger partial charge in [-0.3, -0.25) is 9.59 Å². The van der Waals surface area contributed by atoms with Crippen LogP contribution >= 0.6 is 0 Å². The molecule has 2 aromatic rings. The van der Waals surface area contributed by atoms with Crippen LogP contribution in [0.15, 0.2) is 71.3 Å². The molecule has 1 aliphatic heterocycles. The van der Waals surface area contributed by atoms with E-state index in [2.05, 4.69) is 4.74 Å². The maximum Gasteiger partial charge on any atom is 0.423 e. The molecule has 1 fully saturated rings. The molecule has 0 saturated carbocycles. The number of ether oxygens (including phenoxy) is 2. The maximum absolute atomic E-state index is 13.2. The first-order valence-corrected chi connectivity index (χ1v) is 13.4. The van der Waals surface area contributed by atoms with Crippen molar-refractivity contribution < 1.29 is 39.2 Å². The summed E-state index contributed by atoms with van der Waals surface area (Å²) in [6, 6.07) is 16.1. The van der Waals surface area contributed by atoms with E-state index in [1.807, 2.05) is 43.3 Å². The van der Waals surface area contributed by atoms with E-state index < -0.39 is 48.4 Å². The van der Waals surface area contributed by atoms with E-state index in [4.69, 9.17) is 4.74 Å². The van der Waals surface area contributed by atoms with E-state index in [1.165, 1.54) is 0 Å². The first-order valence-electron chi connectivity index (χ1n) is 13.4. The lowest BCUT2D eigenvalue weighted by Crippen LogP contribution is -2.40. The van der Waals surface area contributed by atoms with E-state index in [-0.39, 0.29) is 25.2 Å². The first-order chi connectivity index (χ1) is 19.3. The fourth-order valence-electron chi connectivity index (χ4n) is 5.71. The van der Waals surface area contributed by atoms with Crippen LogP contribution in [0.2, 0.25) is 0 Å². The van der Waals surface area contributed by atoms with Crippen molar-refractivity contribution in [1.82, 2.24) is 4.90 Å². The van der Waals surface area contributed by atoms with Crippen molar-refractivity contribution in [2.75, 3.05) is 20.3 Å². The highest BCUT2D eigenvalue weighted by atomic mass is 16.5. The van der Waals surface area contributed by atoms with Gasteiger partial charge in [-0.15, -0.1) is 0 Å². The Morgan fingerprint density at radius 1 is 1.10 bits per heavy atom. The summed E-state index contributed by atoms with van der Waals surface area (Å²) in [5, 5.41) is 32.1. The molecule has 2 aromatic carbocycles. The summed E-state index contributed by atoms with van der Waals surface area (Å²) in [5.74, 6) is -3.40. The van der Waals surface area contributed by atoms with Crippen LogP contribution in [0.25, 0.3) is 6.08 Å². The quantitative estimate of drug-likeness (QED) is 0.298. The largest absolute Gasteiger partial charge is 0.507 e. The molecule has 4 atom stereocenters. The predicted molar refractivity (Wildman–Crippen MR) is 147 cm³/mol. The summed E-state index contributed by atoms with van der Waals surface area (Å²) in [4.78, 5) is 39.1. The second kappa shape index (κ2) is 12.9. The van der Waals surface area contributed by atoms with E-state index >= 15 is 0 Å². The lowest BCUT2D eigenvalue weighted by atomic mass is 9.68. The lowest BCUT2D eigenvalue weighted by Gasteiger charge is -2.36.